The number of nitrogens with zero attached hydrogens (tertiary/aromatic N) is 1. The monoisotopic (exact) mass is 582 g/mol. The van der Waals surface area contributed by atoms with Gasteiger partial charge in [-0.3, -0.25) is 4.79 Å². The number of carbonyl (C=O) groups is 1. The quantitative estimate of drug-likeness (QED) is 0.222. The predicted molar refractivity (Wildman–Crippen MR) is 142 cm³/mol. The number of halogens is 2. The van der Waals surface area contributed by atoms with Gasteiger partial charge in [0.05, 0.1) is 11.1 Å². The lowest BCUT2D eigenvalue weighted by Crippen LogP contribution is -2.13. The van der Waals surface area contributed by atoms with Crippen LogP contribution >= 0.6 is 31.9 Å². The van der Waals surface area contributed by atoms with Gasteiger partial charge >= 0.3 is 0 Å². The zero-order valence-corrected chi connectivity index (χ0v) is 22.3. The Hall–Kier alpha value is -3.08. The van der Waals surface area contributed by atoms with Gasteiger partial charge in [0.15, 0.2) is 11.5 Å². The average molecular weight is 584 g/mol. The SMILES string of the molecule is CCOc1cc(/C=C(\C#N)C(=O)Nc2ccc(Br)cc2)cc(Br)c1OCc1cc(C)cc(C)c1. The number of hydrogen-bond donors (Lipinski definition) is 1. The number of hydrogen-bond acceptors (Lipinski definition) is 4. The van der Waals surface area contributed by atoms with Gasteiger partial charge in [-0.2, -0.15) is 5.26 Å². The van der Waals surface area contributed by atoms with Gasteiger partial charge in [-0.1, -0.05) is 45.3 Å². The van der Waals surface area contributed by atoms with Gasteiger partial charge in [-0.15, -0.1) is 0 Å². The van der Waals surface area contributed by atoms with E-state index in [-0.39, 0.29) is 5.57 Å². The summed E-state index contributed by atoms with van der Waals surface area (Å²) in [6.45, 7) is 6.82. The second kappa shape index (κ2) is 11.9. The summed E-state index contributed by atoms with van der Waals surface area (Å²) in [7, 11) is 0. The smallest absolute Gasteiger partial charge is 0.266 e. The van der Waals surface area contributed by atoms with Gasteiger partial charge in [0.25, 0.3) is 5.91 Å². The molecule has 0 fully saturated rings. The lowest BCUT2D eigenvalue weighted by molar-refractivity contribution is -0.112. The fourth-order valence-electron chi connectivity index (χ4n) is 3.43. The van der Waals surface area contributed by atoms with E-state index in [2.05, 4.69) is 69.2 Å². The summed E-state index contributed by atoms with van der Waals surface area (Å²) in [6, 6.07) is 18.9. The first-order valence-electron chi connectivity index (χ1n) is 10.6. The zero-order valence-electron chi connectivity index (χ0n) is 19.1. The fourth-order valence-corrected chi connectivity index (χ4v) is 4.27. The Bertz CT molecular complexity index is 1240. The molecule has 3 rings (SSSR count). The summed E-state index contributed by atoms with van der Waals surface area (Å²) in [5.74, 6) is 0.600. The highest BCUT2D eigenvalue weighted by molar-refractivity contribution is 9.10. The van der Waals surface area contributed by atoms with E-state index in [9.17, 15) is 10.1 Å². The van der Waals surface area contributed by atoms with Gasteiger partial charge in [0.2, 0.25) is 0 Å². The Morgan fingerprint density at radius 3 is 2.32 bits per heavy atom. The highest BCUT2D eigenvalue weighted by atomic mass is 79.9. The van der Waals surface area contributed by atoms with Crippen LogP contribution in [0.3, 0.4) is 0 Å². The minimum Gasteiger partial charge on any atom is -0.490 e. The summed E-state index contributed by atoms with van der Waals surface area (Å²) in [4.78, 5) is 12.6. The third-order valence-corrected chi connectivity index (χ3v) is 5.89. The number of benzene rings is 3. The number of carbonyl (C=O) groups excluding carboxylic acids is 1. The average Bonchev–Trinajstić information content (AvgIpc) is 2.78. The Morgan fingerprint density at radius 2 is 1.71 bits per heavy atom. The number of anilines is 1. The Morgan fingerprint density at radius 1 is 1.03 bits per heavy atom. The predicted octanol–water partition coefficient (Wildman–Crippen LogP) is 7.35. The minimum atomic E-state index is -0.492. The molecular formula is C27H24Br2N2O3. The molecule has 34 heavy (non-hydrogen) atoms. The van der Waals surface area contributed by atoms with E-state index in [4.69, 9.17) is 9.47 Å². The first-order valence-corrected chi connectivity index (χ1v) is 12.2. The molecule has 0 saturated heterocycles. The molecule has 0 aliphatic rings. The van der Waals surface area contributed by atoms with Crippen LogP contribution in [0.15, 0.2) is 69.1 Å². The van der Waals surface area contributed by atoms with Gasteiger partial charge < -0.3 is 14.8 Å². The largest absolute Gasteiger partial charge is 0.490 e. The van der Waals surface area contributed by atoms with E-state index in [1.165, 1.54) is 17.2 Å². The maximum Gasteiger partial charge on any atom is 0.266 e. The molecule has 0 aromatic heterocycles. The molecule has 3 aromatic rings. The molecule has 0 aliphatic carbocycles. The first-order chi connectivity index (χ1) is 16.3. The van der Waals surface area contributed by atoms with Crippen LogP contribution in [0, 0.1) is 25.2 Å². The van der Waals surface area contributed by atoms with Crippen LogP contribution < -0.4 is 14.8 Å². The number of aryl methyl sites for hydroxylation is 2. The minimum absolute atomic E-state index is 0.0267. The fraction of sp³-hybridized carbons (Fsp3) is 0.185. The van der Waals surface area contributed by atoms with Crippen LogP contribution in [-0.4, -0.2) is 12.5 Å². The van der Waals surface area contributed by atoms with Crippen LogP contribution in [0.1, 0.15) is 29.2 Å². The lowest BCUT2D eigenvalue weighted by Gasteiger charge is -2.15. The highest BCUT2D eigenvalue weighted by Gasteiger charge is 2.15. The Kier molecular flexibility index (Phi) is 8.91. The van der Waals surface area contributed by atoms with Crippen molar-refractivity contribution >= 4 is 49.5 Å². The number of nitrogens with one attached hydrogen (secondary N) is 1. The molecule has 174 valence electrons. The number of nitriles is 1. The van der Waals surface area contributed by atoms with E-state index in [0.717, 1.165) is 10.0 Å². The molecule has 7 heteroatoms. The summed E-state index contributed by atoms with van der Waals surface area (Å²) in [6.07, 6.45) is 1.52. The molecule has 1 N–H and O–H groups in total. The van der Waals surface area contributed by atoms with E-state index >= 15 is 0 Å². The van der Waals surface area contributed by atoms with Crippen molar-refractivity contribution in [3.8, 4) is 17.6 Å². The second-order valence-electron chi connectivity index (χ2n) is 7.68. The second-order valence-corrected chi connectivity index (χ2v) is 9.45. The molecule has 0 aliphatic heterocycles. The Balaban J connectivity index is 1.85. The van der Waals surface area contributed by atoms with Gasteiger partial charge in [-0.05, 0) is 90.3 Å². The van der Waals surface area contributed by atoms with E-state index in [1.807, 2.05) is 25.1 Å². The van der Waals surface area contributed by atoms with Crippen molar-refractivity contribution < 1.29 is 14.3 Å². The van der Waals surface area contributed by atoms with Crippen LogP contribution in [0.25, 0.3) is 6.08 Å². The van der Waals surface area contributed by atoms with Crippen molar-refractivity contribution in [2.75, 3.05) is 11.9 Å². The molecule has 0 unspecified atom stereocenters. The normalized spacial score (nSPS) is 11.0. The summed E-state index contributed by atoms with van der Waals surface area (Å²) < 4.78 is 13.5. The maximum absolute atomic E-state index is 12.6. The third-order valence-electron chi connectivity index (χ3n) is 4.77. The standard InChI is InChI=1S/C27H24Br2N2O3/c1-4-33-25-14-19(12-21(15-30)27(32)31-23-7-5-22(28)6-8-23)13-24(29)26(25)34-16-20-10-17(2)9-18(3)11-20/h5-14H,4,16H2,1-3H3,(H,31,32)/b21-12+. The molecule has 0 saturated carbocycles. The maximum atomic E-state index is 12.6. The van der Waals surface area contributed by atoms with Crippen LogP contribution in [0.2, 0.25) is 0 Å². The molecular weight excluding hydrogens is 560 g/mol. The third kappa shape index (κ3) is 6.96. The lowest BCUT2D eigenvalue weighted by atomic mass is 10.1. The summed E-state index contributed by atoms with van der Waals surface area (Å²) in [5.41, 5.74) is 4.62. The van der Waals surface area contributed by atoms with Crippen molar-refractivity contribution in [1.82, 2.24) is 0 Å². The number of rotatable bonds is 8. The van der Waals surface area contributed by atoms with Crippen molar-refractivity contribution in [3.05, 3.63) is 91.4 Å². The van der Waals surface area contributed by atoms with Crippen molar-refractivity contribution in [2.45, 2.75) is 27.4 Å². The topological polar surface area (TPSA) is 71.3 Å². The number of ether oxygens (including phenoxy) is 2. The van der Waals surface area contributed by atoms with Crippen LogP contribution in [0.4, 0.5) is 5.69 Å². The van der Waals surface area contributed by atoms with Gasteiger partial charge in [0.1, 0.15) is 18.2 Å². The first kappa shape index (κ1) is 25.5. The van der Waals surface area contributed by atoms with Gasteiger partial charge in [-0.25, -0.2) is 0 Å². The van der Waals surface area contributed by atoms with E-state index in [1.54, 1.807) is 24.3 Å². The molecule has 0 heterocycles. The molecule has 0 atom stereocenters. The molecule has 5 nitrogen and oxygen atoms in total. The molecule has 0 bridgehead atoms. The van der Waals surface area contributed by atoms with E-state index in [0.29, 0.717) is 40.4 Å². The highest BCUT2D eigenvalue weighted by Crippen LogP contribution is 2.38. The van der Waals surface area contributed by atoms with Crippen LogP contribution in [-0.2, 0) is 11.4 Å². The molecule has 0 spiro atoms. The summed E-state index contributed by atoms with van der Waals surface area (Å²) in [5, 5.41) is 12.3. The zero-order chi connectivity index (χ0) is 24.7. The van der Waals surface area contributed by atoms with E-state index < -0.39 is 5.91 Å². The Labute approximate surface area is 216 Å². The summed E-state index contributed by atoms with van der Waals surface area (Å²) >= 11 is 6.92. The van der Waals surface area contributed by atoms with Gasteiger partial charge in [0, 0.05) is 10.2 Å². The molecule has 1 amide bonds. The molecule has 3 aromatic carbocycles. The van der Waals surface area contributed by atoms with Crippen molar-refractivity contribution in [3.63, 3.8) is 0 Å². The van der Waals surface area contributed by atoms with Crippen molar-refractivity contribution in [2.24, 2.45) is 0 Å². The molecule has 0 radical (unpaired) electrons. The van der Waals surface area contributed by atoms with Crippen molar-refractivity contribution in [1.29, 1.82) is 5.26 Å². The van der Waals surface area contributed by atoms with Crippen LogP contribution in [0.5, 0.6) is 11.5 Å². The number of amides is 1.